The summed E-state index contributed by atoms with van der Waals surface area (Å²) in [5.41, 5.74) is 6.94. The van der Waals surface area contributed by atoms with Gasteiger partial charge in [0, 0.05) is 52.4 Å². The Labute approximate surface area is 74.5 Å². The molecule has 0 saturated carbocycles. The highest BCUT2D eigenvalue weighted by Crippen LogP contribution is 1.89. The van der Waals surface area contributed by atoms with Crippen LogP contribution in [0.3, 0.4) is 0 Å². The molecule has 1 rings (SSSR count). The molecule has 0 aromatic carbocycles. The third-order valence-electron chi connectivity index (χ3n) is 2.12. The lowest BCUT2D eigenvalue weighted by Crippen LogP contribution is -2.45. The van der Waals surface area contributed by atoms with E-state index in [1.54, 1.807) is 0 Å². The molecular formula is C8H19N4. The average Bonchev–Trinajstić information content (AvgIpc) is 2.14. The second-order valence-corrected chi connectivity index (χ2v) is 3.09. The molecule has 1 saturated heterocycles. The molecule has 71 valence electrons. The first-order chi connectivity index (χ1) is 5.93. The van der Waals surface area contributed by atoms with Gasteiger partial charge in [0.05, 0.1) is 0 Å². The summed E-state index contributed by atoms with van der Waals surface area (Å²) in [6.45, 7) is 8.05. The van der Waals surface area contributed by atoms with Gasteiger partial charge in [-0.2, -0.15) is 0 Å². The van der Waals surface area contributed by atoms with Gasteiger partial charge in [-0.15, -0.1) is 0 Å². The Morgan fingerprint density at radius 3 is 2.67 bits per heavy atom. The number of hydrogen-bond donors (Lipinski definition) is 2. The van der Waals surface area contributed by atoms with Crippen molar-refractivity contribution in [3.05, 3.63) is 0 Å². The molecular weight excluding hydrogens is 152 g/mol. The molecule has 1 aliphatic heterocycles. The fraction of sp³-hybridized carbons (Fsp3) is 1.00. The summed E-state index contributed by atoms with van der Waals surface area (Å²) in [6.07, 6.45) is 0. The van der Waals surface area contributed by atoms with E-state index in [9.17, 15) is 0 Å². The Morgan fingerprint density at radius 1 is 1.25 bits per heavy atom. The van der Waals surface area contributed by atoms with Crippen molar-refractivity contribution in [3.63, 3.8) is 0 Å². The van der Waals surface area contributed by atoms with E-state index in [0.717, 1.165) is 32.7 Å². The normalized spacial score (nSPS) is 19.8. The van der Waals surface area contributed by atoms with Crippen LogP contribution in [0.15, 0.2) is 0 Å². The molecule has 12 heavy (non-hydrogen) atoms. The minimum Gasteiger partial charge on any atom is -0.314 e. The average molecular weight is 171 g/mol. The summed E-state index contributed by atoms with van der Waals surface area (Å²) in [4.78, 5) is 2.45. The first-order valence-electron chi connectivity index (χ1n) is 4.72. The molecule has 3 N–H and O–H groups in total. The van der Waals surface area contributed by atoms with Crippen molar-refractivity contribution < 1.29 is 0 Å². The second-order valence-electron chi connectivity index (χ2n) is 3.09. The monoisotopic (exact) mass is 171 g/mol. The lowest BCUT2D eigenvalue weighted by atomic mass is 10.3. The van der Waals surface area contributed by atoms with Gasteiger partial charge in [0.2, 0.25) is 0 Å². The second kappa shape index (κ2) is 6.37. The molecule has 1 fully saturated rings. The third kappa shape index (κ3) is 4.01. The van der Waals surface area contributed by atoms with Gasteiger partial charge in [-0.3, -0.25) is 10.6 Å². The predicted octanol–water partition coefficient (Wildman–Crippen LogP) is -1.24. The van der Waals surface area contributed by atoms with E-state index in [1.165, 1.54) is 13.1 Å². The van der Waals surface area contributed by atoms with E-state index in [4.69, 9.17) is 5.73 Å². The van der Waals surface area contributed by atoms with Gasteiger partial charge >= 0.3 is 0 Å². The van der Waals surface area contributed by atoms with E-state index in [0.29, 0.717) is 6.54 Å². The Hall–Kier alpha value is -0.160. The van der Waals surface area contributed by atoms with E-state index in [2.05, 4.69) is 15.5 Å². The maximum absolute atomic E-state index is 6.94. The lowest BCUT2D eigenvalue weighted by molar-refractivity contribution is 0.241. The summed E-state index contributed by atoms with van der Waals surface area (Å²) in [6, 6.07) is 0. The minimum atomic E-state index is 0.488. The zero-order valence-corrected chi connectivity index (χ0v) is 7.60. The van der Waals surface area contributed by atoms with Gasteiger partial charge < -0.3 is 10.6 Å². The summed E-state index contributed by atoms with van der Waals surface area (Å²) >= 11 is 0. The van der Waals surface area contributed by atoms with E-state index >= 15 is 0 Å². The molecule has 0 bridgehead atoms. The fourth-order valence-electron chi connectivity index (χ4n) is 1.39. The van der Waals surface area contributed by atoms with Crippen LogP contribution in [0.5, 0.6) is 0 Å². The summed E-state index contributed by atoms with van der Waals surface area (Å²) in [5, 5.41) is 6.56. The third-order valence-corrected chi connectivity index (χ3v) is 2.12. The number of nitrogens with zero attached hydrogens (tertiary/aromatic N) is 1. The van der Waals surface area contributed by atoms with Crippen LogP contribution in [0, 0.1) is 0 Å². The van der Waals surface area contributed by atoms with Crippen molar-refractivity contribution in [2.75, 3.05) is 52.4 Å². The minimum absolute atomic E-state index is 0.488. The standard InChI is InChI=1S/C8H19N4/c9-1-2-10-3-6-12-7-4-11-5-8-12/h9-11H,1-8H2. The van der Waals surface area contributed by atoms with Gasteiger partial charge in [0.1, 0.15) is 0 Å². The van der Waals surface area contributed by atoms with Crippen molar-refractivity contribution in [2.24, 2.45) is 0 Å². The molecule has 4 nitrogen and oxygen atoms in total. The molecule has 0 amide bonds. The molecule has 1 radical (unpaired) electrons. The molecule has 0 aliphatic carbocycles. The van der Waals surface area contributed by atoms with E-state index in [-0.39, 0.29) is 0 Å². The van der Waals surface area contributed by atoms with Crippen molar-refractivity contribution in [3.8, 4) is 0 Å². The highest BCUT2D eigenvalue weighted by Gasteiger charge is 2.07. The van der Waals surface area contributed by atoms with Crippen LogP contribution in [0.25, 0.3) is 0 Å². The lowest BCUT2D eigenvalue weighted by Gasteiger charge is -2.27. The van der Waals surface area contributed by atoms with Gasteiger partial charge in [-0.25, -0.2) is 0 Å². The molecule has 1 aliphatic rings. The molecule has 0 unspecified atom stereocenters. The Bertz CT molecular complexity index is 101. The first kappa shape index (κ1) is 9.92. The zero-order valence-electron chi connectivity index (χ0n) is 7.60. The number of rotatable bonds is 5. The quantitative estimate of drug-likeness (QED) is 0.509. The summed E-state index contributed by atoms with van der Waals surface area (Å²) in [5.74, 6) is 0. The number of hydrogen-bond acceptors (Lipinski definition) is 3. The predicted molar refractivity (Wildman–Crippen MR) is 50.1 cm³/mol. The van der Waals surface area contributed by atoms with E-state index in [1.807, 2.05) is 0 Å². The van der Waals surface area contributed by atoms with Gasteiger partial charge in [-0.05, 0) is 0 Å². The molecule has 0 aromatic heterocycles. The van der Waals surface area contributed by atoms with Crippen LogP contribution >= 0.6 is 0 Å². The van der Waals surface area contributed by atoms with Crippen molar-refractivity contribution in [1.29, 1.82) is 0 Å². The van der Waals surface area contributed by atoms with Gasteiger partial charge in [0.15, 0.2) is 0 Å². The van der Waals surface area contributed by atoms with Crippen molar-refractivity contribution in [1.82, 2.24) is 21.3 Å². The van der Waals surface area contributed by atoms with Crippen LogP contribution in [-0.4, -0.2) is 57.3 Å². The molecule has 4 heteroatoms. The fourth-order valence-corrected chi connectivity index (χ4v) is 1.39. The number of piperazine rings is 1. The van der Waals surface area contributed by atoms with Crippen LogP contribution in [0.2, 0.25) is 0 Å². The SMILES string of the molecule is [NH]CCNCCN1CCNCC1. The van der Waals surface area contributed by atoms with Crippen LogP contribution < -0.4 is 16.4 Å². The van der Waals surface area contributed by atoms with Crippen LogP contribution in [-0.2, 0) is 0 Å². The maximum atomic E-state index is 6.94. The highest BCUT2D eigenvalue weighted by atomic mass is 15.2. The molecule has 0 spiro atoms. The van der Waals surface area contributed by atoms with Crippen LogP contribution in [0.4, 0.5) is 0 Å². The highest BCUT2D eigenvalue weighted by molar-refractivity contribution is 4.67. The number of nitrogens with one attached hydrogen (secondary N) is 3. The smallest absolute Gasteiger partial charge is 0.0225 e. The topological polar surface area (TPSA) is 51.1 Å². The maximum Gasteiger partial charge on any atom is 0.0225 e. The van der Waals surface area contributed by atoms with Gasteiger partial charge in [0.25, 0.3) is 0 Å². The Balaban J connectivity index is 1.91. The molecule has 1 heterocycles. The van der Waals surface area contributed by atoms with Gasteiger partial charge in [-0.1, -0.05) is 0 Å². The van der Waals surface area contributed by atoms with E-state index < -0.39 is 0 Å². The molecule has 0 aromatic rings. The Morgan fingerprint density at radius 2 is 2.00 bits per heavy atom. The molecule has 0 atom stereocenters. The van der Waals surface area contributed by atoms with Crippen LogP contribution in [0.1, 0.15) is 0 Å². The van der Waals surface area contributed by atoms with Crippen molar-refractivity contribution >= 4 is 0 Å². The summed E-state index contributed by atoms with van der Waals surface area (Å²) in [7, 11) is 0. The summed E-state index contributed by atoms with van der Waals surface area (Å²) < 4.78 is 0. The van der Waals surface area contributed by atoms with Crippen molar-refractivity contribution in [2.45, 2.75) is 0 Å². The zero-order chi connectivity index (χ0) is 8.65. The Kier molecular flexibility index (Phi) is 5.27. The first-order valence-corrected chi connectivity index (χ1v) is 4.72. The largest absolute Gasteiger partial charge is 0.314 e.